The Morgan fingerprint density at radius 1 is 1.12 bits per heavy atom. The molecule has 17 heavy (non-hydrogen) atoms. The highest BCUT2D eigenvalue weighted by Gasteiger charge is 2.19. The first kappa shape index (κ1) is 11.1. The van der Waals surface area contributed by atoms with Gasteiger partial charge in [0.05, 0.1) is 12.8 Å². The maximum atomic E-state index is 11.1. The van der Waals surface area contributed by atoms with E-state index in [9.17, 15) is 9.59 Å². The largest absolute Gasteiger partial charge is 0.497 e. The first-order valence-electron chi connectivity index (χ1n) is 5.00. The van der Waals surface area contributed by atoms with Crippen molar-refractivity contribution in [1.29, 1.82) is 0 Å². The third-order valence-corrected chi connectivity index (χ3v) is 2.15. The summed E-state index contributed by atoms with van der Waals surface area (Å²) in [7, 11) is 1.57. The van der Waals surface area contributed by atoms with E-state index < -0.39 is 0 Å². The first-order valence-corrected chi connectivity index (χ1v) is 5.00. The molecular formula is C11H11N3O3. The van der Waals surface area contributed by atoms with E-state index in [0.29, 0.717) is 11.4 Å². The van der Waals surface area contributed by atoms with Crippen LogP contribution in [-0.4, -0.2) is 24.9 Å². The van der Waals surface area contributed by atoms with E-state index >= 15 is 0 Å². The Morgan fingerprint density at radius 2 is 1.71 bits per heavy atom. The normalized spacial score (nSPS) is 15.0. The Morgan fingerprint density at radius 3 is 2.24 bits per heavy atom. The summed E-state index contributed by atoms with van der Waals surface area (Å²) in [6.07, 6.45) is -0.165. The molecule has 1 aromatic carbocycles. The van der Waals surface area contributed by atoms with Gasteiger partial charge in [-0.3, -0.25) is 20.2 Å². The number of rotatable bonds is 2. The molecule has 0 bridgehead atoms. The number of methoxy groups -OCH3 is 1. The Kier molecular flexibility index (Phi) is 3.04. The number of nitrogens with zero attached hydrogens (tertiary/aromatic N) is 1. The van der Waals surface area contributed by atoms with Crippen LogP contribution in [0, 0.1) is 0 Å². The highest BCUT2D eigenvalue weighted by Crippen LogP contribution is 2.17. The highest BCUT2D eigenvalue weighted by atomic mass is 16.5. The van der Waals surface area contributed by atoms with E-state index in [-0.39, 0.29) is 24.2 Å². The maximum Gasteiger partial charge on any atom is 0.236 e. The lowest BCUT2D eigenvalue weighted by Crippen LogP contribution is -2.50. The van der Waals surface area contributed by atoms with Crippen LogP contribution in [0.1, 0.15) is 6.42 Å². The van der Waals surface area contributed by atoms with Crippen LogP contribution in [0.15, 0.2) is 29.3 Å². The van der Waals surface area contributed by atoms with Crippen molar-refractivity contribution in [2.75, 3.05) is 7.11 Å². The summed E-state index contributed by atoms with van der Waals surface area (Å²) in [4.78, 5) is 26.3. The lowest BCUT2D eigenvalue weighted by molar-refractivity contribution is -0.129. The average molecular weight is 233 g/mol. The van der Waals surface area contributed by atoms with Crippen molar-refractivity contribution in [3.05, 3.63) is 24.3 Å². The molecule has 1 aliphatic heterocycles. The van der Waals surface area contributed by atoms with Gasteiger partial charge < -0.3 is 4.74 Å². The Hall–Kier alpha value is -2.37. The van der Waals surface area contributed by atoms with Crippen LogP contribution in [0.25, 0.3) is 0 Å². The van der Waals surface area contributed by atoms with E-state index in [1.54, 1.807) is 31.4 Å². The molecule has 88 valence electrons. The van der Waals surface area contributed by atoms with Crippen molar-refractivity contribution in [1.82, 2.24) is 10.6 Å². The molecule has 0 saturated carbocycles. The van der Waals surface area contributed by atoms with Crippen LogP contribution < -0.4 is 15.4 Å². The predicted molar refractivity (Wildman–Crippen MR) is 61.0 cm³/mol. The zero-order chi connectivity index (χ0) is 12.3. The van der Waals surface area contributed by atoms with Gasteiger partial charge in [-0.15, -0.1) is 0 Å². The second-order valence-electron chi connectivity index (χ2n) is 3.43. The topological polar surface area (TPSA) is 79.8 Å². The molecule has 0 aliphatic carbocycles. The molecule has 1 saturated heterocycles. The van der Waals surface area contributed by atoms with Gasteiger partial charge in [-0.2, -0.15) is 0 Å². The van der Waals surface area contributed by atoms with Gasteiger partial charge in [0.25, 0.3) is 0 Å². The van der Waals surface area contributed by atoms with Gasteiger partial charge in [-0.05, 0) is 24.3 Å². The number of aliphatic imine (C=N–C) groups is 1. The van der Waals surface area contributed by atoms with Crippen LogP contribution in [0.4, 0.5) is 5.69 Å². The predicted octanol–water partition coefficient (Wildman–Crippen LogP) is 0.319. The standard InChI is InChI=1S/C11H11N3O3/c1-17-8-4-2-7(3-5-8)12-11-13-9(15)6-10(16)14-11/h2-5H,6H2,1H3,(H2,12,13,14,15,16). The summed E-state index contributed by atoms with van der Waals surface area (Å²) in [6.45, 7) is 0. The molecule has 0 aromatic heterocycles. The lowest BCUT2D eigenvalue weighted by Gasteiger charge is -2.14. The van der Waals surface area contributed by atoms with Crippen molar-refractivity contribution in [3.8, 4) is 5.75 Å². The number of amides is 2. The van der Waals surface area contributed by atoms with Crippen LogP contribution in [0.2, 0.25) is 0 Å². The Labute approximate surface area is 97.7 Å². The molecule has 1 aliphatic rings. The SMILES string of the molecule is COc1ccc(N=C2NC(=O)CC(=O)N2)cc1. The average Bonchev–Trinajstić information content (AvgIpc) is 2.28. The van der Waals surface area contributed by atoms with E-state index in [0.717, 1.165) is 0 Å². The Balaban J connectivity index is 2.17. The second kappa shape index (κ2) is 4.65. The quantitative estimate of drug-likeness (QED) is 0.722. The van der Waals surface area contributed by atoms with Gasteiger partial charge in [0.2, 0.25) is 17.8 Å². The molecule has 2 rings (SSSR count). The molecule has 1 fully saturated rings. The van der Waals surface area contributed by atoms with E-state index in [1.165, 1.54) is 0 Å². The van der Waals surface area contributed by atoms with E-state index in [4.69, 9.17) is 4.74 Å². The summed E-state index contributed by atoms with van der Waals surface area (Å²) in [5, 5.41) is 4.94. The van der Waals surface area contributed by atoms with Gasteiger partial charge >= 0.3 is 0 Å². The number of nitrogens with one attached hydrogen (secondary N) is 2. The zero-order valence-electron chi connectivity index (χ0n) is 9.19. The molecule has 0 atom stereocenters. The highest BCUT2D eigenvalue weighted by molar-refractivity contribution is 6.16. The number of guanidine groups is 1. The minimum atomic E-state index is -0.360. The van der Waals surface area contributed by atoms with Crippen molar-refractivity contribution < 1.29 is 14.3 Å². The van der Waals surface area contributed by atoms with Crippen LogP contribution in [0.3, 0.4) is 0 Å². The van der Waals surface area contributed by atoms with Gasteiger partial charge in [0.15, 0.2) is 0 Å². The number of hydrogen-bond donors (Lipinski definition) is 2. The van der Waals surface area contributed by atoms with Gasteiger partial charge in [-0.25, -0.2) is 4.99 Å². The summed E-state index contributed by atoms with van der Waals surface area (Å²) in [6, 6.07) is 6.93. The molecule has 6 nitrogen and oxygen atoms in total. The van der Waals surface area contributed by atoms with E-state index in [2.05, 4.69) is 15.6 Å². The fraction of sp³-hybridized carbons (Fsp3) is 0.182. The molecule has 6 heteroatoms. The molecule has 1 heterocycles. The fourth-order valence-corrected chi connectivity index (χ4v) is 1.37. The number of benzene rings is 1. The lowest BCUT2D eigenvalue weighted by atomic mass is 10.3. The second-order valence-corrected chi connectivity index (χ2v) is 3.43. The summed E-state index contributed by atoms with van der Waals surface area (Å²) in [5.41, 5.74) is 0.614. The van der Waals surface area contributed by atoms with Gasteiger partial charge in [0.1, 0.15) is 12.2 Å². The molecule has 2 N–H and O–H groups in total. The van der Waals surface area contributed by atoms with Gasteiger partial charge in [0, 0.05) is 0 Å². The van der Waals surface area contributed by atoms with Crippen molar-refractivity contribution in [3.63, 3.8) is 0 Å². The smallest absolute Gasteiger partial charge is 0.236 e. The summed E-state index contributed by atoms with van der Waals surface area (Å²) >= 11 is 0. The maximum absolute atomic E-state index is 11.1. The zero-order valence-corrected chi connectivity index (χ0v) is 9.19. The van der Waals surface area contributed by atoms with Crippen LogP contribution in [0.5, 0.6) is 5.75 Å². The van der Waals surface area contributed by atoms with E-state index in [1.807, 2.05) is 0 Å². The monoisotopic (exact) mass is 233 g/mol. The number of ether oxygens (including phenoxy) is 1. The third kappa shape index (κ3) is 2.81. The number of hydrogen-bond acceptors (Lipinski definition) is 4. The fourth-order valence-electron chi connectivity index (χ4n) is 1.37. The Bertz CT molecular complexity index is 461. The number of carbonyl (C=O) groups is 2. The molecule has 0 radical (unpaired) electrons. The third-order valence-electron chi connectivity index (χ3n) is 2.15. The van der Waals surface area contributed by atoms with Crippen LogP contribution >= 0.6 is 0 Å². The summed E-state index contributed by atoms with van der Waals surface area (Å²) in [5.74, 6) is 0.143. The number of carbonyl (C=O) groups excluding carboxylic acids is 2. The minimum absolute atomic E-state index is 0.149. The summed E-state index contributed by atoms with van der Waals surface area (Å²) < 4.78 is 5.01. The first-order chi connectivity index (χ1) is 8.17. The van der Waals surface area contributed by atoms with Gasteiger partial charge in [-0.1, -0.05) is 0 Å². The van der Waals surface area contributed by atoms with Crippen LogP contribution in [-0.2, 0) is 9.59 Å². The van der Waals surface area contributed by atoms with Crippen molar-refractivity contribution in [2.45, 2.75) is 6.42 Å². The molecule has 0 spiro atoms. The molecule has 0 unspecified atom stereocenters. The van der Waals surface area contributed by atoms with Crippen molar-refractivity contribution in [2.24, 2.45) is 4.99 Å². The molecule has 2 amide bonds. The molecular weight excluding hydrogens is 222 g/mol. The minimum Gasteiger partial charge on any atom is -0.497 e. The molecule has 1 aromatic rings. The van der Waals surface area contributed by atoms with Crippen molar-refractivity contribution >= 4 is 23.5 Å².